The monoisotopic (exact) mass is 437 g/mol. The van der Waals surface area contributed by atoms with Crippen LogP contribution < -0.4 is 4.80 Å². The molecule has 0 N–H and O–H groups in total. The zero-order chi connectivity index (χ0) is 22.1. The highest BCUT2D eigenvalue weighted by atomic mass is 32.1. The van der Waals surface area contributed by atoms with Gasteiger partial charge < -0.3 is 9.30 Å². The molecule has 0 saturated carbocycles. The SMILES string of the molecule is CCOC(=O)Cn1c(=NC(=O)CN2C(=O)c3ccccc3C2=O)sc2cccc(C)c21. The van der Waals surface area contributed by atoms with Crippen LogP contribution in [0.4, 0.5) is 0 Å². The lowest BCUT2D eigenvalue weighted by molar-refractivity contribution is -0.143. The van der Waals surface area contributed by atoms with Gasteiger partial charge in [0.15, 0.2) is 4.80 Å². The second kappa shape index (κ2) is 8.27. The van der Waals surface area contributed by atoms with E-state index in [0.717, 1.165) is 20.7 Å². The highest BCUT2D eigenvalue weighted by Crippen LogP contribution is 2.23. The first-order valence-corrected chi connectivity index (χ1v) is 10.5. The van der Waals surface area contributed by atoms with Crippen molar-refractivity contribution in [3.8, 4) is 0 Å². The average Bonchev–Trinajstić information content (AvgIpc) is 3.19. The minimum absolute atomic E-state index is 0.0994. The molecule has 4 rings (SSSR count). The van der Waals surface area contributed by atoms with E-state index in [0.29, 0.717) is 4.80 Å². The van der Waals surface area contributed by atoms with Gasteiger partial charge in [-0.1, -0.05) is 35.6 Å². The molecule has 0 atom stereocenters. The molecule has 0 unspecified atom stereocenters. The molecule has 0 bridgehead atoms. The Morgan fingerprint density at radius 1 is 1.00 bits per heavy atom. The van der Waals surface area contributed by atoms with E-state index in [1.165, 1.54) is 11.3 Å². The van der Waals surface area contributed by atoms with Gasteiger partial charge in [-0.2, -0.15) is 4.99 Å². The van der Waals surface area contributed by atoms with E-state index in [2.05, 4.69) is 4.99 Å². The van der Waals surface area contributed by atoms with Gasteiger partial charge in [0.05, 0.1) is 28.0 Å². The quantitative estimate of drug-likeness (QED) is 0.451. The van der Waals surface area contributed by atoms with Crippen LogP contribution >= 0.6 is 11.3 Å². The summed E-state index contributed by atoms with van der Waals surface area (Å²) in [6.07, 6.45) is 0. The predicted molar refractivity (Wildman–Crippen MR) is 114 cm³/mol. The molecular formula is C22H19N3O5S. The Morgan fingerprint density at radius 3 is 2.32 bits per heavy atom. The van der Waals surface area contributed by atoms with Gasteiger partial charge in [-0.3, -0.25) is 24.1 Å². The number of hydrogen-bond acceptors (Lipinski definition) is 6. The van der Waals surface area contributed by atoms with Crippen LogP contribution in [0.5, 0.6) is 0 Å². The van der Waals surface area contributed by atoms with E-state index in [9.17, 15) is 19.2 Å². The third kappa shape index (κ3) is 3.79. The van der Waals surface area contributed by atoms with E-state index < -0.39 is 30.2 Å². The van der Waals surface area contributed by atoms with Gasteiger partial charge in [0.25, 0.3) is 17.7 Å². The van der Waals surface area contributed by atoms with Crippen molar-refractivity contribution < 1.29 is 23.9 Å². The largest absolute Gasteiger partial charge is 0.465 e. The summed E-state index contributed by atoms with van der Waals surface area (Å²) >= 11 is 1.25. The van der Waals surface area contributed by atoms with E-state index >= 15 is 0 Å². The maximum absolute atomic E-state index is 12.7. The zero-order valence-electron chi connectivity index (χ0n) is 17.0. The Kier molecular flexibility index (Phi) is 5.51. The lowest BCUT2D eigenvalue weighted by atomic mass is 10.1. The summed E-state index contributed by atoms with van der Waals surface area (Å²) in [5.74, 6) is -2.14. The molecule has 9 heteroatoms. The molecule has 0 radical (unpaired) electrons. The highest BCUT2D eigenvalue weighted by molar-refractivity contribution is 7.16. The minimum atomic E-state index is -0.656. The molecule has 31 heavy (non-hydrogen) atoms. The third-order valence-electron chi connectivity index (χ3n) is 4.89. The Labute approximate surface area is 181 Å². The Hall–Kier alpha value is -3.59. The molecule has 1 aromatic heterocycles. The first-order valence-electron chi connectivity index (χ1n) is 9.68. The topological polar surface area (TPSA) is 98.0 Å². The number of thiazole rings is 1. The van der Waals surface area contributed by atoms with Gasteiger partial charge >= 0.3 is 5.97 Å². The number of carbonyl (C=O) groups is 4. The van der Waals surface area contributed by atoms with Gasteiger partial charge in [0, 0.05) is 0 Å². The van der Waals surface area contributed by atoms with Crippen molar-refractivity contribution in [2.24, 2.45) is 4.99 Å². The second-order valence-corrected chi connectivity index (χ2v) is 7.95. The maximum atomic E-state index is 12.7. The summed E-state index contributed by atoms with van der Waals surface area (Å²) in [6.45, 7) is 3.29. The van der Waals surface area contributed by atoms with Crippen molar-refractivity contribution in [2.45, 2.75) is 20.4 Å². The van der Waals surface area contributed by atoms with Crippen molar-refractivity contribution in [3.05, 3.63) is 64.0 Å². The molecule has 2 aromatic carbocycles. The molecule has 1 aliphatic heterocycles. The number of para-hydroxylation sites is 1. The number of ether oxygens (including phenoxy) is 1. The number of benzene rings is 2. The fraction of sp³-hybridized carbons (Fsp3) is 0.227. The summed E-state index contributed by atoms with van der Waals surface area (Å²) < 4.78 is 7.55. The van der Waals surface area contributed by atoms with E-state index in [-0.39, 0.29) is 24.3 Å². The van der Waals surface area contributed by atoms with E-state index in [1.807, 2.05) is 25.1 Å². The number of fused-ring (bicyclic) bond motifs is 2. The maximum Gasteiger partial charge on any atom is 0.326 e. The molecular weight excluding hydrogens is 418 g/mol. The number of amides is 3. The van der Waals surface area contributed by atoms with Gasteiger partial charge in [-0.15, -0.1) is 0 Å². The Morgan fingerprint density at radius 2 is 1.68 bits per heavy atom. The van der Waals surface area contributed by atoms with Crippen LogP contribution in [0.15, 0.2) is 47.5 Å². The molecule has 3 amide bonds. The highest BCUT2D eigenvalue weighted by Gasteiger charge is 2.36. The van der Waals surface area contributed by atoms with E-state index in [4.69, 9.17) is 4.74 Å². The second-order valence-electron chi connectivity index (χ2n) is 6.95. The fourth-order valence-electron chi connectivity index (χ4n) is 3.54. The number of esters is 1. The number of imide groups is 1. The van der Waals surface area contributed by atoms with Crippen LogP contribution in [0.3, 0.4) is 0 Å². The number of aromatic nitrogens is 1. The summed E-state index contributed by atoms with van der Waals surface area (Å²) in [6, 6.07) is 12.1. The molecule has 0 spiro atoms. The van der Waals surface area contributed by atoms with Crippen LogP contribution in [-0.2, 0) is 20.9 Å². The standard InChI is InChI=1S/C22H19N3O5S/c1-3-30-18(27)12-24-19-13(2)7-6-10-16(19)31-22(24)23-17(26)11-25-20(28)14-8-4-5-9-15(14)21(25)29/h4-10H,3,11-12H2,1-2H3. The molecule has 0 saturated heterocycles. The molecule has 0 aliphatic carbocycles. The van der Waals surface area contributed by atoms with Crippen LogP contribution in [-0.4, -0.2) is 46.3 Å². The predicted octanol–water partition coefficient (Wildman–Crippen LogP) is 2.30. The summed E-state index contributed by atoms with van der Waals surface area (Å²) in [4.78, 5) is 55.2. The Bertz CT molecular complexity index is 1270. The summed E-state index contributed by atoms with van der Waals surface area (Å²) in [5, 5.41) is 0. The van der Waals surface area contributed by atoms with Gasteiger partial charge in [0.2, 0.25) is 0 Å². The Balaban J connectivity index is 1.68. The van der Waals surface area contributed by atoms with Crippen molar-refractivity contribution in [3.63, 3.8) is 0 Å². The number of nitrogens with zero attached hydrogens (tertiary/aromatic N) is 3. The van der Waals surface area contributed by atoms with Crippen LogP contribution in [0.1, 0.15) is 33.2 Å². The fourth-order valence-corrected chi connectivity index (χ4v) is 4.66. The number of rotatable bonds is 5. The molecule has 8 nitrogen and oxygen atoms in total. The van der Waals surface area contributed by atoms with Crippen LogP contribution in [0.25, 0.3) is 10.2 Å². The molecule has 158 valence electrons. The van der Waals surface area contributed by atoms with Gasteiger partial charge in [-0.25, -0.2) is 0 Å². The van der Waals surface area contributed by atoms with Gasteiger partial charge in [0.1, 0.15) is 13.1 Å². The molecule has 3 aromatic rings. The number of carbonyl (C=O) groups excluding carboxylic acids is 4. The lowest BCUT2D eigenvalue weighted by Crippen LogP contribution is -2.35. The average molecular weight is 437 g/mol. The van der Waals surface area contributed by atoms with Crippen molar-refractivity contribution in [1.82, 2.24) is 9.47 Å². The molecule has 1 aliphatic rings. The normalized spacial score (nSPS) is 13.7. The smallest absolute Gasteiger partial charge is 0.326 e. The van der Waals surface area contributed by atoms with Crippen LogP contribution in [0, 0.1) is 6.92 Å². The first kappa shape index (κ1) is 20.7. The van der Waals surface area contributed by atoms with Crippen molar-refractivity contribution >= 4 is 45.2 Å². The summed E-state index contributed by atoms with van der Waals surface area (Å²) in [5.41, 5.74) is 2.26. The summed E-state index contributed by atoms with van der Waals surface area (Å²) in [7, 11) is 0. The van der Waals surface area contributed by atoms with Crippen molar-refractivity contribution in [2.75, 3.05) is 13.2 Å². The van der Waals surface area contributed by atoms with Crippen molar-refractivity contribution in [1.29, 1.82) is 0 Å². The molecule has 2 heterocycles. The minimum Gasteiger partial charge on any atom is -0.465 e. The van der Waals surface area contributed by atoms with Gasteiger partial charge in [-0.05, 0) is 37.6 Å². The molecule has 0 fully saturated rings. The third-order valence-corrected chi connectivity index (χ3v) is 5.93. The number of hydrogen-bond donors (Lipinski definition) is 0. The number of aryl methyl sites for hydroxylation is 1. The first-order chi connectivity index (χ1) is 14.9. The zero-order valence-corrected chi connectivity index (χ0v) is 17.8. The lowest BCUT2D eigenvalue weighted by Gasteiger charge is -2.10. The van der Waals surface area contributed by atoms with E-state index in [1.54, 1.807) is 35.8 Å². The van der Waals surface area contributed by atoms with Crippen LogP contribution in [0.2, 0.25) is 0 Å².